The lowest BCUT2D eigenvalue weighted by Gasteiger charge is -2.29. The summed E-state index contributed by atoms with van der Waals surface area (Å²) in [7, 11) is 1.52. The Kier molecular flexibility index (Phi) is 9.38. The van der Waals surface area contributed by atoms with Crippen molar-refractivity contribution in [3.63, 3.8) is 0 Å². The average Bonchev–Trinajstić information content (AvgIpc) is 2.84. The van der Waals surface area contributed by atoms with Gasteiger partial charge in [0, 0.05) is 23.5 Å². The molecule has 2 aromatic carbocycles. The molecule has 1 heterocycles. The number of hydrogen-bond donors (Lipinski definition) is 2. The van der Waals surface area contributed by atoms with E-state index in [0.717, 1.165) is 5.56 Å². The van der Waals surface area contributed by atoms with Crippen molar-refractivity contribution in [2.45, 2.75) is 19.8 Å². The first kappa shape index (κ1) is 26.4. The van der Waals surface area contributed by atoms with Crippen LogP contribution in [0.4, 0.5) is 5.69 Å². The fourth-order valence-electron chi connectivity index (χ4n) is 3.58. The molecule has 3 rings (SSSR count). The van der Waals surface area contributed by atoms with Crippen LogP contribution in [0.3, 0.4) is 0 Å². The van der Waals surface area contributed by atoms with E-state index in [1.807, 2.05) is 31.2 Å². The highest BCUT2D eigenvalue weighted by Gasteiger charge is 2.36. The molecule has 9 heteroatoms. The molecule has 7 nitrogen and oxygen atoms in total. The van der Waals surface area contributed by atoms with Crippen LogP contribution in [0.15, 0.2) is 70.4 Å². The number of nitrogens with one attached hydrogen (secondary N) is 2. The Morgan fingerprint density at radius 1 is 1.14 bits per heavy atom. The lowest BCUT2D eigenvalue weighted by molar-refractivity contribution is -0.140. The summed E-state index contributed by atoms with van der Waals surface area (Å²) in [4.78, 5) is 25.6. The van der Waals surface area contributed by atoms with E-state index in [1.165, 1.54) is 18.9 Å². The quantitative estimate of drug-likeness (QED) is 0.364. The molecule has 0 unspecified atom stereocenters. The van der Waals surface area contributed by atoms with Gasteiger partial charge in [-0.3, -0.25) is 4.79 Å². The maximum Gasteiger partial charge on any atom is 0.336 e. The number of carbonyl (C=O) groups is 2. The van der Waals surface area contributed by atoms with Crippen LogP contribution in [0.1, 0.15) is 24.0 Å². The molecule has 0 aromatic heterocycles. The van der Waals surface area contributed by atoms with E-state index >= 15 is 0 Å². The van der Waals surface area contributed by atoms with Gasteiger partial charge in [0.1, 0.15) is 6.61 Å². The third-order valence-electron chi connectivity index (χ3n) is 5.29. The molecule has 1 atom stereocenters. The van der Waals surface area contributed by atoms with Gasteiger partial charge in [-0.05, 0) is 37.6 Å². The number of dihydropyridines is 1. The Morgan fingerprint density at radius 2 is 1.86 bits per heavy atom. The summed E-state index contributed by atoms with van der Waals surface area (Å²) in [6.07, 6.45) is 0. The molecule has 35 heavy (non-hydrogen) atoms. The summed E-state index contributed by atoms with van der Waals surface area (Å²) in [6, 6.07) is 16.8. The third-order valence-corrected chi connectivity index (χ3v) is 6.65. The molecule has 182 valence electrons. The number of nitrogens with zero attached hydrogens (tertiary/aromatic N) is 1. The topological polar surface area (TPSA) is 100 Å². The molecule has 0 saturated carbocycles. The second-order valence-corrected chi connectivity index (χ2v) is 9.20. The molecule has 0 saturated heterocycles. The van der Waals surface area contributed by atoms with Crippen LogP contribution in [-0.4, -0.2) is 38.0 Å². The van der Waals surface area contributed by atoms with E-state index in [9.17, 15) is 14.9 Å². The summed E-state index contributed by atoms with van der Waals surface area (Å²) in [5.41, 5.74) is 3.50. The molecule has 2 N–H and O–H groups in total. The number of carbonyl (C=O) groups excluding carboxylic acids is 2. The maximum atomic E-state index is 13.0. The van der Waals surface area contributed by atoms with Crippen molar-refractivity contribution in [1.82, 2.24) is 5.32 Å². The number of thioether (sulfide) groups is 1. The highest BCUT2D eigenvalue weighted by Crippen LogP contribution is 2.43. The van der Waals surface area contributed by atoms with E-state index in [1.54, 1.807) is 31.2 Å². The largest absolute Gasteiger partial charge is 0.460 e. The van der Waals surface area contributed by atoms with Crippen molar-refractivity contribution in [3.05, 3.63) is 86.6 Å². The van der Waals surface area contributed by atoms with Crippen molar-refractivity contribution >= 4 is 40.9 Å². The monoisotopic (exact) mass is 511 g/mol. The van der Waals surface area contributed by atoms with Gasteiger partial charge in [0.15, 0.2) is 0 Å². The van der Waals surface area contributed by atoms with Crippen LogP contribution < -0.4 is 10.6 Å². The predicted octanol–water partition coefficient (Wildman–Crippen LogP) is 4.91. The molecule has 0 radical (unpaired) electrons. The number of hydrogen-bond acceptors (Lipinski definition) is 7. The van der Waals surface area contributed by atoms with Gasteiger partial charge in [0.25, 0.3) is 0 Å². The number of methoxy groups -OCH3 is 1. The van der Waals surface area contributed by atoms with Gasteiger partial charge in [-0.15, -0.1) is 0 Å². The van der Waals surface area contributed by atoms with Gasteiger partial charge < -0.3 is 20.1 Å². The first-order valence-corrected chi connectivity index (χ1v) is 12.2. The first-order chi connectivity index (χ1) is 16.8. The third kappa shape index (κ3) is 6.67. The van der Waals surface area contributed by atoms with Gasteiger partial charge in [0.2, 0.25) is 5.91 Å². The molecule has 1 aliphatic heterocycles. The van der Waals surface area contributed by atoms with Gasteiger partial charge in [-0.25, -0.2) is 4.79 Å². The number of benzene rings is 2. The number of amides is 1. The van der Waals surface area contributed by atoms with Gasteiger partial charge in [0.05, 0.1) is 40.5 Å². The predicted molar refractivity (Wildman–Crippen MR) is 138 cm³/mol. The lowest BCUT2D eigenvalue weighted by atomic mass is 9.82. The highest BCUT2D eigenvalue weighted by molar-refractivity contribution is 8.03. The summed E-state index contributed by atoms with van der Waals surface area (Å²) in [5, 5.41) is 17.0. The second-order valence-electron chi connectivity index (χ2n) is 7.80. The van der Waals surface area contributed by atoms with Crippen LogP contribution in [0.2, 0.25) is 5.02 Å². The average molecular weight is 512 g/mol. The maximum absolute atomic E-state index is 13.0. The van der Waals surface area contributed by atoms with Crippen molar-refractivity contribution in [2.24, 2.45) is 0 Å². The number of anilines is 1. The molecular formula is C26H26ClN3O4S. The van der Waals surface area contributed by atoms with Crippen molar-refractivity contribution in [2.75, 3.05) is 31.4 Å². The molecule has 0 aliphatic carbocycles. The van der Waals surface area contributed by atoms with Crippen molar-refractivity contribution in [3.8, 4) is 6.07 Å². The Morgan fingerprint density at radius 3 is 2.51 bits per heavy atom. The van der Waals surface area contributed by atoms with Gasteiger partial charge in [-0.1, -0.05) is 59.3 Å². The summed E-state index contributed by atoms with van der Waals surface area (Å²) in [5.74, 6) is -1.46. The number of allylic oxidation sites excluding steroid dienone is 2. The minimum atomic E-state index is -0.743. The molecule has 1 amide bonds. The zero-order chi connectivity index (χ0) is 25.4. The van der Waals surface area contributed by atoms with Crippen LogP contribution >= 0.6 is 23.4 Å². The van der Waals surface area contributed by atoms with Gasteiger partial charge >= 0.3 is 5.97 Å². The minimum absolute atomic E-state index is 0.0670. The fourth-order valence-corrected chi connectivity index (χ4v) is 4.72. The Labute approximate surface area is 214 Å². The highest BCUT2D eigenvalue weighted by atomic mass is 35.5. The van der Waals surface area contributed by atoms with Crippen LogP contribution in [-0.2, 0) is 19.1 Å². The number of ether oxygens (including phenoxy) is 2. The summed E-state index contributed by atoms with van der Waals surface area (Å²) >= 11 is 7.67. The Hall–Kier alpha value is -3.25. The summed E-state index contributed by atoms with van der Waals surface area (Å²) in [6.45, 7) is 4.03. The van der Waals surface area contributed by atoms with Crippen LogP contribution in [0.25, 0.3) is 0 Å². The van der Waals surface area contributed by atoms with Crippen LogP contribution in [0.5, 0.6) is 0 Å². The molecule has 1 aliphatic rings. The van der Waals surface area contributed by atoms with E-state index in [0.29, 0.717) is 32.6 Å². The zero-order valence-corrected chi connectivity index (χ0v) is 21.3. The van der Waals surface area contributed by atoms with E-state index in [2.05, 4.69) is 16.7 Å². The Bertz CT molecular complexity index is 1200. The first-order valence-electron chi connectivity index (χ1n) is 10.9. The lowest BCUT2D eigenvalue weighted by Crippen LogP contribution is -2.30. The molecule has 2 aromatic rings. The smallest absolute Gasteiger partial charge is 0.336 e. The molecular weight excluding hydrogens is 486 g/mol. The van der Waals surface area contributed by atoms with E-state index in [4.69, 9.17) is 21.1 Å². The van der Waals surface area contributed by atoms with Crippen molar-refractivity contribution < 1.29 is 19.1 Å². The van der Waals surface area contributed by atoms with E-state index in [-0.39, 0.29) is 30.4 Å². The van der Waals surface area contributed by atoms with Crippen LogP contribution in [0, 0.1) is 18.3 Å². The normalized spacial score (nSPS) is 15.3. The SMILES string of the molecule is COCCOC(=O)C1=C(C)NC(SCC(=O)Nc2ccc(C)cc2)=C(C#N)[C@H]1c1ccccc1Cl. The Balaban J connectivity index is 1.88. The minimum Gasteiger partial charge on any atom is -0.460 e. The number of rotatable bonds is 9. The number of aryl methyl sites for hydroxylation is 1. The van der Waals surface area contributed by atoms with Gasteiger partial charge in [-0.2, -0.15) is 5.26 Å². The molecule has 0 fully saturated rings. The van der Waals surface area contributed by atoms with Crippen molar-refractivity contribution in [1.29, 1.82) is 5.26 Å². The number of nitriles is 1. The number of halogens is 1. The second kappa shape index (κ2) is 12.5. The zero-order valence-electron chi connectivity index (χ0n) is 19.7. The number of esters is 1. The standard InChI is InChI=1S/C26H26ClN3O4S/c1-16-8-10-18(11-9-16)30-22(31)15-35-25-20(14-28)24(19-6-4-5-7-21(19)27)23(17(2)29-25)26(32)34-13-12-33-3/h4-11,24,29H,12-13,15H2,1-3H3,(H,30,31)/t24-/m1/s1. The van der Waals surface area contributed by atoms with E-state index < -0.39 is 11.9 Å². The molecule has 0 bridgehead atoms. The summed E-state index contributed by atoms with van der Waals surface area (Å²) < 4.78 is 10.3. The molecule has 0 spiro atoms. The fraction of sp³-hybridized carbons (Fsp3) is 0.269.